The third kappa shape index (κ3) is 5.89. The fourth-order valence-electron chi connectivity index (χ4n) is 5.01. The summed E-state index contributed by atoms with van der Waals surface area (Å²) in [4.78, 5) is 35.4. The first-order chi connectivity index (χ1) is 18.5. The molecule has 38 heavy (non-hydrogen) atoms. The molecule has 5 rings (SSSR count). The second kappa shape index (κ2) is 11.8. The lowest BCUT2D eigenvalue weighted by molar-refractivity contribution is -0.129. The van der Waals surface area contributed by atoms with Crippen molar-refractivity contribution < 1.29 is 14.6 Å². The number of hydrogen-bond acceptors (Lipinski definition) is 9. The van der Waals surface area contributed by atoms with Gasteiger partial charge in [-0.05, 0) is 50.2 Å². The summed E-state index contributed by atoms with van der Waals surface area (Å²) in [5.74, 6) is 0.696. The largest absolute Gasteiger partial charge is 0.494 e. The number of nitrogens with zero attached hydrogens (tertiary/aromatic N) is 6. The number of morpholine rings is 1. The van der Waals surface area contributed by atoms with Crippen LogP contribution in [0.1, 0.15) is 30.4 Å². The van der Waals surface area contributed by atoms with E-state index in [1.807, 2.05) is 13.1 Å². The van der Waals surface area contributed by atoms with E-state index in [1.165, 1.54) is 17.6 Å². The molecule has 2 aromatic heterocycles. The van der Waals surface area contributed by atoms with Crippen molar-refractivity contribution in [2.75, 3.05) is 70.2 Å². The van der Waals surface area contributed by atoms with Gasteiger partial charge in [0.1, 0.15) is 17.8 Å². The number of H-pyrrole nitrogens is 1. The number of aromatic amines is 1. The summed E-state index contributed by atoms with van der Waals surface area (Å²) in [5.41, 5.74) is 4.21. The zero-order chi connectivity index (χ0) is 26.5. The Bertz CT molecular complexity index is 1300. The van der Waals surface area contributed by atoms with Crippen molar-refractivity contribution in [2.45, 2.75) is 25.8 Å². The average Bonchev–Trinajstić information content (AvgIpc) is 3.25. The molecule has 4 heterocycles. The minimum absolute atomic E-state index is 0.0182. The lowest BCUT2D eigenvalue weighted by Gasteiger charge is -2.31. The van der Waals surface area contributed by atoms with Gasteiger partial charge in [-0.2, -0.15) is 0 Å². The SMILES string of the molecule is CN1CCCCC(=O)N(C)CCNc2ncnc3[nH]c(O)c(c23)C=Nc2ccc(N3CCOCC3)c(c2)C1. The first-order valence-electron chi connectivity index (χ1n) is 13.2. The summed E-state index contributed by atoms with van der Waals surface area (Å²) in [5, 5.41) is 14.6. The van der Waals surface area contributed by atoms with Crippen LogP contribution in [0.15, 0.2) is 29.5 Å². The second-order valence-electron chi connectivity index (χ2n) is 9.94. The summed E-state index contributed by atoms with van der Waals surface area (Å²) in [6.07, 6.45) is 5.43. The van der Waals surface area contributed by atoms with Crippen LogP contribution in [0.5, 0.6) is 5.88 Å². The van der Waals surface area contributed by atoms with Gasteiger partial charge in [0.2, 0.25) is 5.91 Å². The molecular weight excluding hydrogens is 484 g/mol. The van der Waals surface area contributed by atoms with Gasteiger partial charge in [-0.3, -0.25) is 9.79 Å². The number of ether oxygens (including phenoxy) is 1. The summed E-state index contributed by atoms with van der Waals surface area (Å²) in [7, 11) is 3.95. The molecule has 0 unspecified atom stereocenters. The number of carbonyl (C=O) groups excluding carboxylic acids is 1. The van der Waals surface area contributed by atoms with E-state index in [0.29, 0.717) is 41.9 Å². The fraction of sp³-hybridized carbons (Fsp3) is 0.481. The molecule has 202 valence electrons. The first kappa shape index (κ1) is 25.9. The molecule has 11 nitrogen and oxygen atoms in total. The maximum absolute atomic E-state index is 12.7. The Morgan fingerprint density at radius 1 is 1.05 bits per heavy atom. The number of aromatic nitrogens is 3. The Morgan fingerprint density at radius 3 is 2.74 bits per heavy atom. The van der Waals surface area contributed by atoms with Crippen molar-refractivity contribution in [2.24, 2.45) is 4.99 Å². The molecule has 0 atom stereocenters. The summed E-state index contributed by atoms with van der Waals surface area (Å²) < 4.78 is 5.57. The Balaban J connectivity index is 1.51. The van der Waals surface area contributed by atoms with Crippen LogP contribution in [0.2, 0.25) is 0 Å². The number of amides is 1. The average molecular weight is 521 g/mol. The van der Waals surface area contributed by atoms with E-state index in [0.717, 1.165) is 57.9 Å². The lowest BCUT2D eigenvalue weighted by Crippen LogP contribution is -2.37. The van der Waals surface area contributed by atoms with Gasteiger partial charge in [-0.1, -0.05) is 0 Å². The van der Waals surface area contributed by atoms with E-state index in [2.05, 4.69) is 49.2 Å². The van der Waals surface area contributed by atoms with Crippen molar-refractivity contribution in [3.8, 4) is 5.88 Å². The molecular formula is C27H36N8O3. The predicted octanol–water partition coefficient (Wildman–Crippen LogP) is 2.74. The van der Waals surface area contributed by atoms with Crippen molar-refractivity contribution >= 4 is 40.3 Å². The van der Waals surface area contributed by atoms with Crippen molar-refractivity contribution in [3.05, 3.63) is 35.7 Å². The molecule has 11 heteroatoms. The standard InChI is InChI=1S/C27H36N8O3/c1-33-9-4-3-5-23(36)34(2)10-8-28-25-24-21(27(37)32-26(24)31-18-30-25)16-29-20-6-7-22(19(15-20)17-33)35-11-13-38-14-12-35/h6-7,15-16,18,37H,3-5,8-14,17H2,1-2H3,(H2,28,30,31,32). The molecule has 2 bridgehead atoms. The number of aliphatic imine (C=N–C) groups is 1. The lowest BCUT2D eigenvalue weighted by atomic mass is 10.1. The molecule has 0 saturated carbocycles. The number of aromatic hydroxyl groups is 1. The number of anilines is 2. The van der Waals surface area contributed by atoms with Gasteiger partial charge in [-0.25, -0.2) is 9.97 Å². The van der Waals surface area contributed by atoms with E-state index in [-0.39, 0.29) is 11.8 Å². The Labute approximate surface area is 222 Å². The number of fused-ring (bicyclic) bond motifs is 2. The van der Waals surface area contributed by atoms with Crippen LogP contribution in [0.25, 0.3) is 11.0 Å². The Hall–Kier alpha value is -3.70. The van der Waals surface area contributed by atoms with Crippen molar-refractivity contribution in [3.63, 3.8) is 0 Å². The predicted molar refractivity (Wildman–Crippen MR) is 149 cm³/mol. The zero-order valence-corrected chi connectivity index (χ0v) is 22.1. The molecule has 1 amide bonds. The van der Waals surface area contributed by atoms with Crippen LogP contribution < -0.4 is 10.2 Å². The van der Waals surface area contributed by atoms with Gasteiger partial charge in [0, 0.05) is 58.1 Å². The highest BCUT2D eigenvalue weighted by atomic mass is 16.5. The van der Waals surface area contributed by atoms with E-state index in [9.17, 15) is 9.90 Å². The molecule has 2 aliphatic rings. The van der Waals surface area contributed by atoms with Gasteiger partial charge >= 0.3 is 0 Å². The van der Waals surface area contributed by atoms with Crippen molar-refractivity contribution in [1.29, 1.82) is 0 Å². The van der Waals surface area contributed by atoms with E-state index < -0.39 is 0 Å². The van der Waals surface area contributed by atoms with Gasteiger partial charge in [0.15, 0.2) is 5.88 Å². The minimum Gasteiger partial charge on any atom is -0.494 e. The van der Waals surface area contributed by atoms with Gasteiger partial charge in [0.25, 0.3) is 0 Å². The highest BCUT2D eigenvalue weighted by molar-refractivity contribution is 6.06. The van der Waals surface area contributed by atoms with E-state index >= 15 is 0 Å². The molecule has 3 aromatic rings. The van der Waals surface area contributed by atoms with Crippen LogP contribution in [-0.2, 0) is 16.1 Å². The van der Waals surface area contributed by atoms with E-state index in [1.54, 1.807) is 11.1 Å². The first-order valence-corrected chi connectivity index (χ1v) is 13.2. The number of hydrogen-bond donors (Lipinski definition) is 3. The van der Waals surface area contributed by atoms with Gasteiger partial charge in [0.05, 0.1) is 29.9 Å². The summed E-state index contributed by atoms with van der Waals surface area (Å²) >= 11 is 0. The normalized spacial score (nSPS) is 18.6. The van der Waals surface area contributed by atoms with Gasteiger partial charge < -0.3 is 34.8 Å². The van der Waals surface area contributed by atoms with Gasteiger partial charge in [-0.15, -0.1) is 0 Å². The maximum Gasteiger partial charge on any atom is 0.222 e. The van der Waals surface area contributed by atoms with Crippen LogP contribution in [0, 0.1) is 0 Å². The number of benzene rings is 1. The molecule has 3 N–H and O–H groups in total. The minimum atomic E-state index is -0.0182. The zero-order valence-electron chi connectivity index (χ0n) is 22.1. The van der Waals surface area contributed by atoms with E-state index in [4.69, 9.17) is 9.73 Å². The summed E-state index contributed by atoms with van der Waals surface area (Å²) in [6.45, 7) is 5.88. The van der Waals surface area contributed by atoms with Crippen molar-refractivity contribution in [1.82, 2.24) is 24.8 Å². The molecule has 1 saturated heterocycles. The van der Waals surface area contributed by atoms with Crippen LogP contribution in [0.4, 0.5) is 17.2 Å². The van der Waals surface area contributed by atoms with Crippen LogP contribution in [0.3, 0.4) is 0 Å². The highest BCUT2D eigenvalue weighted by Crippen LogP contribution is 2.31. The topological polar surface area (TPSA) is 122 Å². The number of carbonyl (C=O) groups is 1. The molecule has 2 aliphatic heterocycles. The molecule has 1 aromatic carbocycles. The molecule has 0 radical (unpaired) electrons. The Morgan fingerprint density at radius 2 is 1.89 bits per heavy atom. The quantitative estimate of drug-likeness (QED) is 0.448. The molecule has 1 fully saturated rings. The maximum atomic E-state index is 12.7. The number of nitrogens with one attached hydrogen (secondary N) is 2. The second-order valence-corrected chi connectivity index (χ2v) is 9.94. The Kier molecular flexibility index (Phi) is 8.04. The smallest absolute Gasteiger partial charge is 0.222 e. The van der Waals surface area contributed by atoms with Crippen LogP contribution in [-0.4, -0.2) is 102 Å². The number of likely N-dealkylation sites (N-methyl/N-ethyl adjacent to an activating group) is 1. The monoisotopic (exact) mass is 520 g/mol. The number of rotatable bonds is 1. The third-order valence-electron chi connectivity index (χ3n) is 7.15. The molecule has 0 aliphatic carbocycles. The molecule has 0 spiro atoms. The van der Waals surface area contributed by atoms with Crippen LogP contribution >= 0.6 is 0 Å². The third-order valence-corrected chi connectivity index (χ3v) is 7.15. The summed E-state index contributed by atoms with van der Waals surface area (Å²) in [6, 6.07) is 6.26. The highest BCUT2D eigenvalue weighted by Gasteiger charge is 2.18. The fourth-order valence-corrected chi connectivity index (χ4v) is 5.01.